The van der Waals surface area contributed by atoms with E-state index in [1.54, 1.807) is 21.9 Å². The van der Waals surface area contributed by atoms with E-state index in [0.717, 1.165) is 0 Å². The number of H-pyrrole nitrogens is 1. The maximum absolute atomic E-state index is 12.1. The van der Waals surface area contributed by atoms with E-state index in [-0.39, 0.29) is 11.8 Å². The molecule has 0 radical (unpaired) electrons. The van der Waals surface area contributed by atoms with Crippen molar-refractivity contribution >= 4 is 18.1 Å². The Balaban J connectivity index is 1.99. The molecule has 18 heavy (non-hydrogen) atoms. The highest BCUT2D eigenvalue weighted by Crippen LogP contribution is 2.08. The molecule has 1 saturated heterocycles. The predicted molar refractivity (Wildman–Crippen MR) is 64.3 cm³/mol. The largest absolute Gasteiger partial charge is 0.348 e. The molecule has 6 nitrogen and oxygen atoms in total. The number of aromatic nitrogens is 1. The lowest BCUT2D eigenvalue weighted by molar-refractivity contribution is -0.130. The molecule has 96 valence electrons. The van der Waals surface area contributed by atoms with Crippen LogP contribution in [0.25, 0.3) is 0 Å². The maximum Gasteiger partial charge on any atom is 0.270 e. The smallest absolute Gasteiger partial charge is 0.270 e. The van der Waals surface area contributed by atoms with Crippen LogP contribution >= 0.6 is 0 Å². The standard InChI is InChI=1S/C12H15N3O3/c1-9(17)14-4-6-15(7-5-14)12(18)11-3-2-10(8-16)13-11/h2-3,8,13H,4-7H2,1H3. The highest BCUT2D eigenvalue weighted by atomic mass is 16.2. The summed E-state index contributed by atoms with van der Waals surface area (Å²) in [6.07, 6.45) is 0.671. The molecule has 1 aliphatic rings. The minimum absolute atomic E-state index is 0.0326. The summed E-state index contributed by atoms with van der Waals surface area (Å²) in [6.45, 7) is 3.69. The van der Waals surface area contributed by atoms with Gasteiger partial charge in [0.15, 0.2) is 6.29 Å². The Morgan fingerprint density at radius 1 is 1.17 bits per heavy atom. The average molecular weight is 249 g/mol. The van der Waals surface area contributed by atoms with Crippen molar-refractivity contribution in [2.75, 3.05) is 26.2 Å². The van der Waals surface area contributed by atoms with Gasteiger partial charge in [-0.05, 0) is 12.1 Å². The van der Waals surface area contributed by atoms with Gasteiger partial charge in [0, 0.05) is 33.1 Å². The van der Waals surface area contributed by atoms with E-state index >= 15 is 0 Å². The minimum Gasteiger partial charge on any atom is -0.348 e. The highest BCUT2D eigenvalue weighted by molar-refractivity contribution is 5.93. The number of carbonyl (C=O) groups is 3. The second-order valence-electron chi connectivity index (χ2n) is 4.24. The summed E-state index contributed by atoms with van der Waals surface area (Å²) in [5.41, 5.74) is 0.800. The highest BCUT2D eigenvalue weighted by Gasteiger charge is 2.23. The Bertz CT molecular complexity index is 473. The predicted octanol–water partition coefficient (Wildman–Crippen LogP) is 0.131. The third-order valence-corrected chi connectivity index (χ3v) is 3.08. The molecule has 0 atom stereocenters. The maximum atomic E-state index is 12.1. The lowest BCUT2D eigenvalue weighted by Gasteiger charge is -2.33. The van der Waals surface area contributed by atoms with E-state index in [9.17, 15) is 14.4 Å². The van der Waals surface area contributed by atoms with Crippen LogP contribution in [0.4, 0.5) is 0 Å². The van der Waals surface area contributed by atoms with Crippen LogP contribution in [0.2, 0.25) is 0 Å². The monoisotopic (exact) mass is 249 g/mol. The summed E-state index contributed by atoms with van der Waals surface area (Å²) >= 11 is 0. The Morgan fingerprint density at radius 2 is 1.78 bits per heavy atom. The number of hydrogen-bond acceptors (Lipinski definition) is 3. The first-order chi connectivity index (χ1) is 8.61. The molecule has 6 heteroatoms. The van der Waals surface area contributed by atoms with Crippen molar-refractivity contribution in [3.8, 4) is 0 Å². The summed E-state index contributed by atoms with van der Waals surface area (Å²) in [4.78, 5) is 39.9. The van der Waals surface area contributed by atoms with Gasteiger partial charge in [-0.25, -0.2) is 0 Å². The third kappa shape index (κ3) is 2.42. The Hall–Kier alpha value is -2.11. The molecular formula is C12H15N3O3. The number of aromatic amines is 1. The first-order valence-corrected chi connectivity index (χ1v) is 5.81. The first-order valence-electron chi connectivity index (χ1n) is 5.81. The molecule has 0 saturated carbocycles. The second kappa shape index (κ2) is 5.03. The summed E-state index contributed by atoms with van der Waals surface area (Å²) in [5.74, 6) is -0.100. The van der Waals surface area contributed by atoms with Gasteiger partial charge in [-0.15, -0.1) is 0 Å². The van der Waals surface area contributed by atoms with Crippen LogP contribution < -0.4 is 0 Å². The minimum atomic E-state index is -0.133. The first kappa shape index (κ1) is 12.3. The number of amides is 2. The van der Waals surface area contributed by atoms with Crippen molar-refractivity contribution < 1.29 is 14.4 Å². The van der Waals surface area contributed by atoms with Crippen molar-refractivity contribution in [2.45, 2.75) is 6.92 Å². The van der Waals surface area contributed by atoms with Crippen molar-refractivity contribution in [3.05, 3.63) is 23.5 Å². The van der Waals surface area contributed by atoms with Crippen molar-refractivity contribution in [2.24, 2.45) is 0 Å². The van der Waals surface area contributed by atoms with E-state index in [4.69, 9.17) is 0 Å². The van der Waals surface area contributed by atoms with Gasteiger partial charge in [0.1, 0.15) is 5.69 Å². The molecule has 2 rings (SSSR count). The van der Waals surface area contributed by atoms with Gasteiger partial charge in [-0.3, -0.25) is 14.4 Å². The van der Waals surface area contributed by atoms with Crippen LogP contribution in [0.3, 0.4) is 0 Å². The molecule has 1 aliphatic heterocycles. The zero-order chi connectivity index (χ0) is 13.1. The molecule has 0 aromatic carbocycles. The van der Waals surface area contributed by atoms with Gasteiger partial charge in [0.25, 0.3) is 5.91 Å². The molecule has 1 fully saturated rings. The third-order valence-electron chi connectivity index (χ3n) is 3.08. The van der Waals surface area contributed by atoms with Crippen LogP contribution in [-0.4, -0.2) is 59.1 Å². The summed E-state index contributed by atoms with van der Waals surface area (Å²) in [7, 11) is 0. The van der Waals surface area contributed by atoms with Gasteiger partial charge in [0.2, 0.25) is 5.91 Å². The topological polar surface area (TPSA) is 73.5 Å². The molecule has 0 aliphatic carbocycles. The normalized spacial score (nSPS) is 15.6. The number of rotatable bonds is 2. The molecule has 1 aromatic rings. The van der Waals surface area contributed by atoms with E-state index in [2.05, 4.69) is 4.98 Å². The number of hydrogen-bond donors (Lipinski definition) is 1. The SMILES string of the molecule is CC(=O)N1CCN(C(=O)c2ccc(C=O)[nH]2)CC1. The van der Waals surface area contributed by atoms with E-state index in [0.29, 0.717) is 43.9 Å². The zero-order valence-corrected chi connectivity index (χ0v) is 10.2. The molecule has 2 amide bonds. The Kier molecular flexibility index (Phi) is 3.45. The number of aldehydes is 1. The van der Waals surface area contributed by atoms with Gasteiger partial charge >= 0.3 is 0 Å². The van der Waals surface area contributed by atoms with E-state index < -0.39 is 0 Å². The van der Waals surface area contributed by atoms with Gasteiger partial charge in [0.05, 0.1) is 5.69 Å². The van der Waals surface area contributed by atoms with Crippen LogP contribution in [-0.2, 0) is 4.79 Å². The quantitative estimate of drug-likeness (QED) is 0.757. The summed E-state index contributed by atoms with van der Waals surface area (Å²) < 4.78 is 0. The molecule has 0 spiro atoms. The van der Waals surface area contributed by atoms with Crippen molar-refractivity contribution in [1.82, 2.24) is 14.8 Å². The number of nitrogens with zero attached hydrogens (tertiary/aromatic N) is 2. The van der Waals surface area contributed by atoms with Crippen LogP contribution in [0.1, 0.15) is 27.9 Å². The average Bonchev–Trinajstić information content (AvgIpc) is 2.86. The van der Waals surface area contributed by atoms with Crippen molar-refractivity contribution in [3.63, 3.8) is 0 Å². The summed E-state index contributed by atoms with van der Waals surface area (Å²) in [6, 6.07) is 3.18. The van der Waals surface area contributed by atoms with Gasteiger partial charge in [-0.1, -0.05) is 0 Å². The van der Waals surface area contributed by atoms with Crippen LogP contribution in [0, 0.1) is 0 Å². The lowest BCUT2D eigenvalue weighted by atomic mass is 10.3. The summed E-state index contributed by atoms with van der Waals surface area (Å²) in [5, 5.41) is 0. The van der Waals surface area contributed by atoms with Crippen LogP contribution in [0.5, 0.6) is 0 Å². The number of nitrogens with one attached hydrogen (secondary N) is 1. The molecular weight excluding hydrogens is 234 g/mol. The second-order valence-corrected chi connectivity index (χ2v) is 4.24. The fourth-order valence-electron chi connectivity index (χ4n) is 2.00. The van der Waals surface area contributed by atoms with E-state index in [1.165, 1.54) is 6.92 Å². The Labute approximate surface area is 105 Å². The Morgan fingerprint density at radius 3 is 2.28 bits per heavy atom. The van der Waals surface area contributed by atoms with E-state index in [1.807, 2.05) is 0 Å². The zero-order valence-electron chi connectivity index (χ0n) is 10.2. The lowest BCUT2D eigenvalue weighted by Crippen LogP contribution is -2.50. The molecule has 1 N–H and O–H groups in total. The van der Waals surface area contributed by atoms with Gasteiger partial charge < -0.3 is 14.8 Å². The molecule has 0 unspecified atom stereocenters. The van der Waals surface area contributed by atoms with Crippen LogP contribution in [0.15, 0.2) is 12.1 Å². The molecule has 1 aromatic heterocycles. The number of piperazine rings is 1. The number of carbonyl (C=O) groups excluding carboxylic acids is 3. The van der Waals surface area contributed by atoms with Gasteiger partial charge in [-0.2, -0.15) is 0 Å². The fraction of sp³-hybridized carbons (Fsp3) is 0.417. The fourth-order valence-corrected chi connectivity index (χ4v) is 2.00. The van der Waals surface area contributed by atoms with Crippen molar-refractivity contribution in [1.29, 1.82) is 0 Å². The molecule has 0 bridgehead atoms. The molecule has 2 heterocycles.